The summed E-state index contributed by atoms with van der Waals surface area (Å²) in [5.41, 5.74) is 1.36. The summed E-state index contributed by atoms with van der Waals surface area (Å²) in [4.78, 5) is 2.22. The first-order valence-electron chi connectivity index (χ1n) is 10.8. The summed E-state index contributed by atoms with van der Waals surface area (Å²) in [6.45, 7) is 2.01. The van der Waals surface area contributed by atoms with Crippen LogP contribution in [0.2, 0.25) is 10.0 Å². The van der Waals surface area contributed by atoms with Crippen molar-refractivity contribution >= 4 is 23.2 Å². The summed E-state index contributed by atoms with van der Waals surface area (Å²) in [7, 11) is 0. The third-order valence-electron chi connectivity index (χ3n) is 6.30. The molecule has 0 amide bonds. The van der Waals surface area contributed by atoms with Gasteiger partial charge in [0, 0.05) is 35.2 Å². The fraction of sp³-hybridized carbons (Fsp3) is 0.308. The average Bonchev–Trinajstić information content (AvgIpc) is 2.78. The minimum absolute atomic E-state index is 0.334. The van der Waals surface area contributed by atoms with Gasteiger partial charge in [0.05, 0.1) is 11.2 Å². The third-order valence-corrected chi connectivity index (χ3v) is 6.84. The smallest absolute Gasteiger partial charge is 0.385 e. The van der Waals surface area contributed by atoms with Crippen molar-refractivity contribution in [2.24, 2.45) is 0 Å². The number of nitrogens with zero attached hydrogens (tertiary/aromatic N) is 1. The van der Waals surface area contributed by atoms with Crippen LogP contribution in [0.15, 0.2) is 66.7 Å². The third kappa shape index (κ3) is 5.72. The summed E-state index contributed by atoms with van der Waals surface area (Å²) in [5.74, 6) is 0. The van der Waals surface area contributed by atoms with E-state index in [1.165, 1.54) is 6.07 Å². The van der Waals surface area contributed by atoms with Gasteiger partial charge in [0.1, 0.15) is 0 Å². The molecule has 0 spiro atoms. The largest absolute Gasteiger partial charge is 0.416 e. The highest BCUT2D eigenvalue weighted by atomic mass is 35.5. The van der Waals surface area contributed by atoms with Gasteiger partial charge < -0.3 is 10.0 Å². The van der Waals surface area contributed by atoms with Crippen LogP contribution in [0.5, 0.6) is 0 Å². The zero-order valence-corrected chi connectivity index (χ0v) is 19.4. The van der Waals surface area contributed by atoms with Crippen LogP contribution in [-0.4, -0.2) is 29.6 Å². The normalized spacial score (nSPS) is 16.7. The Morgan fingerprint density at radius 1 is 0.909 bits per heavy atom. The summed E-state index contributed by atoms with van der Waals surface area (Å²) >= 11 is 12.6. The van der Waals surface area contributed by atoms with Crippen LogP contribution in [0.3, 0.4) is 0 Å². The van der Waals surface area contributed by atoms with Crippen molar-refractivity contribution in [1.82, 2.24) is 4.90 Å². The maximum absolute atomic E-state index is 13.0. The molecule has 1 aliphatic heterocycles. The second kappa shape index (κ2) is 9.67. The zero-order chi connectivity index (χ0) is 23.6. The molecule has 174 valence electrons. The van der Waals surface area contributed by atoms with E-state index in [9.17, 15) is 18.3 Å². The summed E-state index contributed by atoms with van der Waals surface area (Å²) in [6.07, 6.45) is -2.85. The van der Waals surface area contributed by atoms with Crippen LogP contribution >= 0.6 is 23.2 Å². The number of rotatable bonds is 5. The number of aliphatic hydroxyl groups is 1. The SMILES string of the molecule is OC1(c2cccc(C(F)(F)F)c2)CCN(CCc2ccc(-c3cccc(Cl)c3)c(Cl)c2)CC1. The lowest BCUT2D eigenvalue weighted by Crippen LogP contribution is -2.43. The summed E-state index contributed by atoms with van der Waals surface area (Å²) < 4.78 is 39.1. The van der Waals surface area contributed by atoms with Crippen molar-refractivity contribution in [2.45, 2.75) is 31.0 Å². The highest BCUT2D eigenvalue weighted by molar-refractivity contribution is 6.34. The fourth-order valence-electron chi connectivity index (χ4n) is 4.31. The van der Waals surface area contributed by atoms with Gasteiger partial charge in [0.25, 0.3) is 0 Å². The van der Waals surface area contributed by atoms with Crippen molar-refractivity contribution in [3.8, 4) is 11.1 Å². The van der Waals surface area contributed by atoms with E-state index in [0.717, 1.165) is 41.8 Å². The lowest BCUT2D eigenvalue weighted by atomic mass is 9.83. The summed E-state index contributed by atoms with van der Waals surface area (Å²) in [6, 6.07) is 18.6. The second-order valence-corrected chi connectivity index (χ2v) is 9.37. The van der Waals surface area contributed by atoms with Crippen molar-refractivity contribution in [2.75, 3.05) is 19.6 Å². The van der Waals surface area contributed by atoms with Gasteiger partial charge in [-0.15, -0.1) is 0 Å². The van der Waals surface area contributed by atoms with Gasteiger partial charge in [-0.3, -0.25) is 0 Å². The van der Waals surface area contributed by atoms with Crippen LogP contribution in [-0.2, 0) is 18.2 Å². The molecule has 4 rings (SSSR count). The molecule has 33 heavy (non-hydrogen) atoms. The number of likely N-dealkylation sites (tertiary alicyclic amines) is 1. The molecule has 0 aliphatic carbocycles. The number of alkyl halides is 3. The standard InChI is InChI=1S/C26H24Cl2F3NO/c27-22-6-1-3-19(16-22)23-8-7-18(15-24(23)28)9-12-32-13-10-25(33,11-14-32)20-4-2-5-21(17-20)26(29,30)31/h1-8,15-17,33H,9-14H2. The molecular weight excluding hydrogens is 470 g/mol. The maximum atomic E-state index is 13.0. The van der Waals surface area contributed by atoms with Gasteiger partial charge in [-0.1, -0.05) is 59.6 Å². The van der Waals surface area contributed by atoms with Crippen LogP contribution in [0, 0.1) is 0 Å². The Kier molecular flexibility index (Phi) is 7.06. The van der Waals surface area contributed by atoms with E-state index in [-0.39, 0.29) is 0 Å². The van der Waals surface area contributed by atoms with E-state index in [1.54, 1.807) is 6.07 Å². The molecule has 0 radical (unpaired) electrons. The van der Waals surface area contributed by atoms with Gasteiger partial charge >= 0.3 is 6.18 Å². The number of hydrogen-bond donors (Lipinski definition) is 1. The Balaban J connectivity index is 1.36. The van der Waals surface area contributed by atoms with E-state index < -0.39 is 17.3 Å². The molecule has 3 aromatic carbocycles. The van der Waals surface area contributed by atoms with Gasteiger partial charge in [0.15, 0.2) is 0 Å². The lowest BCUT2D eigenvalue weighted by Gasteiger charge is -2.38. The van der Waals surface area contributed by atoms with Crippen LogP contribution in [0.1, 0.15) is 29.5 Å². The first-order valence-corrected chi connectivity index (χ1v) is 11.6. The Morgan fingerprint density at radius 2 is 1.64 bits per heavy atom. The second-order valence-electron chi connectivity index (χ2n) is 8.53. The van der Waals surface area contributed by atoms with E-state index in [1.807, 2.05) is 42.5 Å². The fourth-order valence-corrected chi connectivity index (χ4v) is 4.81. The average molecular weight is 494 g/mol. The van der Waals surface area contributed by atoms with Crippen molar-refractivity contribution in [1.29, 1.82) is 0 Å². The summed E-state index contributed by atoms with van der Waals surface area (Å²) in [5, 5.41) is 12.3. The van der Waals surface area contributed by atoms with Crippen molar-refractivity contribution in [3.63, 3.8) is 0 Å². The molecule has 1 fully saturated rings. The molecule has 1 N–H and O–H groups in total. The molecule has 7 heteroatoms. The quantitative estimate of drug-likeness (QED) is 0.405. The lowest BCUT2D eigenvalue weighted by molar-refractivity contribution is -0.137. The zero-order valence-electron chi connectivity index (χ0n) is 17.9. The minimum Gasteiger partial charge on any atom is -0.385 e. The first-order chi connectivity index (χ1) is 15.6. The Hall–Kier alpha value is -2.05. The number of hydrogen-bond acceptors (Lipinski definition) is 2. The molecule has 3 aromatic rings. The van der Waals surface area contributed by atoms with Gasteiger partial charge in [-0.2, -0.15) is 13.2 Å². The number of halogens is 5. The van der Waals surface area contributed by atoms with E-state index in [0.29, 0.717) is 41.5 Å². The molecule has 0 saturated carbocycles. The highest BCUT2D eigenvalue weighted by Gasteiger charge is 2.36. The molecule has 1 heterocycles. The molecule has 0 aromatic heterocycles. The van der Waals surface area contributed by atoms with Crippen LogP contribution < -0.4 is 0 Å². The molecule has 1 saturated heterocycles. The highest BCUT2D eigenvalue weighted by Crippen LogP contribution is 2.37. The predicted molar refractivity (Wildman–Crippen MR) is 127 cm³/mol. The number of benzene rings is 3. The van der Waals surface area contributed by atoms with Gasteiger partial charge in [0.2, 0.25) is 0 Å². The van der Waals surface area contributed by atoms with E-state index >= 15 is 0 Å². The Morgan fingerprint density at radius 3 is 2.30 bits per heavy atom. The van der Waals surface area contributed by atoms with Gasteiger partial charge in [-0.05, 0) is 66.3 Å². The molecule has 0 bridgehead atoms. The molecule has 1 aliphatic rings. The van der Waals surface area contributed by atoms with Gasteiger partial charge in [-0.25, -0.2) is 0 Å². The molecule has 2 nitrogen and oxygen atoms in total. The molecular formula is C26H24Cl2F3NO. The van der Waals surface area contributed by atoms with Crippen LogP contribution in [0.25, 0.3) is 11.1 Å². The minimum atomic E-state index is -4.42. The molecule has 0 unspecified atom stereocenters. The Bertz CT molecular complexity index is 1120. The van der Waals surface area contributed by atoms with E-state index in [2.05, 4.69) is 4.90 Å². The van der Waals surface area contributed by atoms with Crippen LogP contribution in [0.4, 0.5) is 13.2 Å². The number of piperidine rings is 1. The maximum Gasteiger partial charge on any atom is 0.416 e. The predicted octanol–water partition coefficient (Wildman–Crippen LogP) is 7.21. The van der Waals surface area contributed by atoms with E-state index in [4.69, 9.17) is 23.2 Å². The Labute approximate surface area is 201 Å². The first kappa shape index (κ1) is 24.1. The van der Waals surface area contributed by atoms with Crippen molar-refractivity contribution < 1.29 is 18.3 Å². The monoisotopic (exact) mass is 493 g/mol. The van der Waals surface area contributed by atoms with Crippen molar-refractivity contribution in [3.05, 3.63) is 93.5 Å². The topological polar surface area (TPSA) is 23.5 Å². The molecule has 0 atom stereocenters.